The number of hydrogen-bond donors (Lipinski definition) is 2. The van der Waals surface area contributed by atoms with E-state index >= 15 is 0 Å². The minimum absolute atomic E-state index is 0. The molecule has 0 unspecified atom stereocenters. The average molecular weight is 309 g/mol. The monoisotopic (exact) mass is 308 g/mol. The van der Waals surface area contributed by atoms with Crippen LogP contribution >= 0.6 is 12.4 Å². The number of fused-ring (bicyclic) bond motifs is 1. The predicted octanol–water partition coefficient (Wildman–Crippen LogP) is 3.94. The number of H-pyrrole nitrogens is 1. The van der Waals surface area contributed by atoms with Crippen molar-refractivity contribution in [2.24, 2.45) is 5.73 Å². The van der Waals surface area contributed by atoms with Crippen molar-refractivity contribution in [3.8, 4) is 5.75 Å². The molecule has 112 valence electrons. The van der Waals surface area contributed by atoms with E-state index in [4.69, 9.17) is 10.5 Å². The second-order valence-corrected chi connectivity index (χ2v) is 4.42. The molecule has 20 heavy (non-hydrogen) atoms. The first-order valence-corrected chi connectivity index (χ1v) is 5.88. The molecule has 7 heteroatoms. The molecule has 3 N–H and O–H groups in total. The first kappa shape index (κ1) is 16.7. The van der Waals surface area contributed by atoms with Crippen LogP contribution in [0.15, 0.2) is 24.4 Å². The van der Waals surface area contributed by atoms with Crippen LogP contribution in [0.1, 0.15) is 24.4 Å². The molecule has 1 atom stereocenters. The molecule has 3 nitrogen and oxygen atoms in total. The van der Waals surface area contributed by atoms with Gasteiger partial charge in [0.1, 0.15) is 5.75 Å². The zero-order chi connectivity index (χ0) is 14.0. The molecule has 0 aliphatic heterocycles. The molecule has 0 fully saturated rings. The van der Waals surface area contributed by atoms with Crippen LogP contribution in [0.2, 0.25) is 0 Å². The molecule has 0 bridgehead atoms. The van der Waals surface area contributed by atoms with Gasteiger partial charge in [-0.2, -0.15) is 13.2 Å². The number of nitrogens with two attached hydrogens (primary N) is 1. The van der Waals surface area contributed by atoms with Gasteiger partial charge in [-0.25, -0.2) is 0 Å². The van der Waals surface area contributed by atoms with Crippen molar-refractivity contribution < 1.29 is 17.9 Å². The smallest absolute Gasteiger partial charge is 0.389 e. The SMILES string of the molecule is COc1ccc2[nH]cc([C@@H](N)CCC(F)(F)F)c2c1.Cl. The molecule has 0 radical (unpaired) electrons. The minimum Gasteiger partial charge on any atom is -0.497 e. The first-order chi connectivity index (χ1) is 8.90. The zero-order valence-electron chi connectivity index (χ0n) is 10.8. The van der Waals surface area contributed by atoms with Crippen LogP contribution in [0.4, 0.5) is 13.2 Å². The van der Waals surface area contributed by atoms with E-state index in [1.807, 2.05) is 6.07 Å². The molecule has 0 amide bonds. The zero-order valence-corrected chi connectivity index (χ0v) is 11.6. The fraction of sp³-hybridized carbons (Fsp3) is 0.385. The van der Waals surface area contributed by atoms with Gasteiger partial charge in [-0.15, -0.1) is 12.4 Å². The molecule has 1 heterocycles. The Labute approximate surface area is 120 Å². The number of benzene rings is 1. The predicted molar refractivity (Wildman–Crippen MR) is 74.3 cm³/mol. The van der Waals surface area contributed by atoms with Crippen LogP contribution in [-0.4, -0.2) is 18.3 Å². The van der Waals surface area contributed by atoms with E-state index < -0.39 is 18.6 Å². The molecule has 0 aliphatic rings. The van der Waals surface area contributed by atoms with Gasteiger partial charge in [0.15, 0.2) is 0 Å². The molecule has 0 saturated carbocycles. The van der Waals surface area contributed by atoms with Crippen LogP contribution in [0, 0.1) is 0 Å². The van der Waals surface area contributed by atoms with Gasteiger partial charge in [0.05, 0.1) is 7.11 Å². The van der Waals surface area contributed by atoms with E-state index in [-0.39, 0.29) is 18.8 Å². The number of alkyl halides is 3. The van der Waals surface area contributed by atoms with Gasteiger partial charge in [-0.05, 0) is 30.2 Å². The van der Waals surface area contributed by atoms with Crippen molar-refractivity contribution in [1.82, 2.24) is 4.98 Å². The van der Waals surface area contributed by atoms with E-state index in [1.54, 1.807) is 18.3 Å². The molecule has 0 spiro atoms. The fourth-order valence-corrected chi connectivity index (χ4v) is 2.03. The van der Waals surface area contributed by atoms with E-state index in [0.29, 0.717) is 11.3 Å². The third-order valence-electron chi connectivity index (χ3n) is 3.06. The molecule has 0 saturated heterocycles. The Morgan fingerprint density at radius 3 is 2.65 bits per heavy atom. The number of methoxy groups -OCH3 is 1. The van der Waals surface area contributed by atoms with Gasteiger partial charge in [0.25, 0.3) is 0 Å². The second-order valence-electron chi connectivity index (χ2n) is 4.42. The Balaban J connectivity index is 0.00000200. The topological polar surface area (TPSA) is 51.0 Å². The number of aromatic nitrogens is 1. The Bertz CT molecular complexity index is 568. The Morgan fingerprint density at radius 1 is 1.35 bits per heavy atom. The highest BCUT2D eigenvalue weighted by molar-refractivity contribution is 5.85. The van der Waals surface area contributed by atoms with Crippen molar-refractivity contribution in [3.05, 3.63) is 30.0 Å². The lowest BCUT2D eigenvalue weighted by Crippen LogP contribution is -2.15. The summed E-state index contributed by atoms with van der Waals surface area (Å²) in [6.07, 6.45) is -3.54. The third kappa shape index (κ3) is 3.80. The molecule has 2 aromatic rings. The van der Waals surface area contributed by atoms with Gasteiger partial charge in [0.2, 0.25) is 0 Å². The summed E-state index contributed by atoms with van der Waals surface area (Å²) >= 11 is 0. The maximum Gasteiger partial charge on any atom is 0.389 e. The lowest BCUT2D eigenvalue weighted by Gasteiger charge is -2.12. The van der Waals surface area contributed by atoms with E-state index in [9.17, 15) is 13.2 Å². The standard InChI is InChI=1S/C13H15F3N2O.ClH/c1-19-8-2-3-12-9(6-8)10(7-18-12)11(17)4-5-13(14,15)16;/h2-3,6-7,11,18H,4-5,17H2,1H3;1H/t11-;/m0./s1. The van der Waals surface area contributed by atoms with Gasteiger partial charge >= 0.3 is 6.18 Å². The summed E-state index contributed by atoms with van der Waals surface area (Å²) in [6.45, 7) is 0. The molecule has 2 rings (SSSR count). The van der Waals surface area contributed by atoms with Crippen LogP contribution in [0.3, 0.4) is 0 Å². The molecule has 1 aromatic carbocycles. The summed E-state index contributed by atoms with van der Waals surface area (Å²) in [6, 6.07) is 4.72. The van der Waals surface area contributed by atoms with E-state index in [0.717, 1.165) is 10.9 Å². The lowest BCUT2D eigenvalue weighted by atomic mass is 10.0. The van der Waals surface area contributed by atoms with Crippen molar-refractivity contribution in [1.29, 1.82) is 0 Å². The fourth-order valence-electron chi connectivity index (χ4n) is 2.03. The number of ether oxygens (including phenoxy) is 1. The van der Waals surface area contributed by atoms with Gasteiger partial charge in [-0.1, -0.05) is 0 Å². The van der Waals surface area contributed by atoms with Crippen molar-refractivity contribution >= 4 is 23.3 Å². The third-order valence-corrected chi connectivity index (χ3v) is 3.06. The van der Waals surface area contributed by atoms with Crippen LogP contribution in [-0.2, 0) is 0 Å². The highest BCUT2D eigenvalue weighted by Gasteiger charge is 2.28. The van der Waals surface area contributed by atoms with Crippen LogP contribution in [0.25, 0.3) is 10.9 Å². The number of hydrogen-bond acceptors (Lipinski definition) is 2. The maximum absolute atomic E-state index is 12.2. The second kappa shape index (κ2) is 6.37. The van der Waals surface area contributed by atoms with E-state index in [2.05, 4.69) is 4.98 Å². The van der Waals surface area contributed by atoms with E-state index in [1.165, 1.54) is 7.11 Å². The highest BCUT2D eigenvalue weighted by Crippen LogP contribution is 2.31. The summed E-state index contributed by atoms with van der Waals surface area (Å²) < 4.78 is 41.7. The molecular formula is C13H16ClF3N2O. The van der Waals surface area contributed by atoms with Crippen molar-refractivity contribution in [3.63, 3.8) is 0 Å². The number of nitrogens with one attached hydrogen (secondary N) is 1. The summed E-state index contributed by atoms with van der Waals surface area (Å²) in [4.78, 5) is 3.00. The first-order valence-electron chi connectivity index (χ1n) is 5.88. The summed E-state index contributed by atoms with van der Waals surface area (Å²) in [7, 11) is 1.54. The summed E-state index contributed by atoms with van der Waals surface area (Å²) in [5, 5.41) is 0.800. The molecule has 0 aliphatic carbocycles. The summed E-state index contributed by atoms with van der Waals surface area (Å²) in [5.74, 6) is 0.649. The van der Waals surface area contributed by atoms with Gasteiger partial charge in [0, 0.05) is 29.6 Å². The number of halogens is 4. The Kier molecular flexibility index (Phi) is 5.30. The maximum atomic E-state index is 12.2. The van der Waals surface area contributed by atoms with Crippen molar-refractivity contribution in [2.45, 2.75) is 25.1 Å². The minimum atomic E-state index is -4.18. The Hall–Kier alpha value is -1.40. The van der Waals surface area contributed by atoms with Gasteiger partial charge < -0.3 is 15.5 Å². The number of rotatable bonds is 4. The van der Waals surface area contributed by atoms with Crippen LogP contribution < -0.4 is 10.5 Å². The average Bonchev–Trinajstić information content (AvgIpc) is 2.77. The van der Waals surface area contributed by atoms with Gasteiger partial charge in [-0.3, -0.25) is 0 Å². The molecule has 1 aromatic heterocycles. The normalized spacial score (nSPS) is 13.1. The molecular weight excluding hydrogens is 293 g/mol. The largest absolute Gasteiger partial charge is 0.497 e. The highest BCUT2D eigenvalue weighted by atomic mass is 35.5. The van der Waals surface area contributed by atoms with Crippen molar-refractivity contribution in [2.75, 3.05) is 7.11 Å². The Morgan fingerprint density at radius 2 is 2.05 bits per heavy atom. The quantitative estimate of drug-likeness (QED) is 0.899. The van der Waals surface area contributed by atoms with Crippen LogP contribution in [0.5, 0.6) is 5.75 Å². The number of aromatic amines is 1. The lowest BCUT2D eigenvalue weighted by molar-refractivity contribution is -0.136. The summed E-state index contributed by atoms with van der Waals surface area (Å²) in [5.41, 5.74) is 7.35.